The largest absolute Gasteiger partial charge is 0.319 e. The summed E-state index contributed by atoms with van der Waals surface area (Å²) < 4.78 is 2.65. The average Bonchev–Trinajstić information content (AvgIpc) is 3.22. The molecule has 5 nitrogen and oxygen atoms in total. The topological polar surface area (TPSA) is 59.8 Å². The van der Waals surface area contributed by atoms with Crippen molar-refractivity contribution in [1.29, 1.82) is 0 Å². The van der Waals surface area contributed by atoms with E-state index in [0.717, 1.165) is 38.1 Å². The molecule has 0 bridgehead atoms. The quantitative estimate of drug-likeness (QED) is 0.298. The average molecular weight is 524 g/mol. The molecule has 4 aromatic rings. The number of benzene rings is 3. The molecule has 3 aromatic carbocycles. The molecule has 0 atom stereocenters. The second-order valence-electron chi connectivity index (χ2n) is 8.31. The summed E-state index contributed by atoms with van der Waals surface area (Å²) in [6.07, 6.45) is 0. The van der Waals surface area contributed by atoms with Crippen LogP contribution in [-0.4, -0.2) is 20.7 Å². The van der Waals surface area contributed by atoms with Gasteiger partial charge in [0.05, 0.1) is 5.69 Å². The Labute approximate surface area is 207 Å². The minimum atomic E-state index is -0.369. The van der Waals surface area contributed by atoms with Gasteiger partial charge in [-0.3, -0.25) is 4.79 Å². The molecule has 168 valence electrons. The molecule has 7 heteroatoms. The lowest BCUT2D eigenvalue weighted by atomic mass is 10.0. The molecule has 0 radical (unpaired) electrons. The molecule has 0 unspecified atom stereocenters. The Balaban J connectivity index is 1.80. The van der Waals surface area contributed by atoms with Gasteiger partial charge < -0.3 is 5.32 Å². The third kappa shape index (κ3) is 5.02. The van der Waals surface area contributed by atoms with Crippen molar-refractivity contribution in [2.45, 2.75) is 33.6 Å². The molecule has 0 spiro atoms. The van der Waals surface area contributed by atoms with E-state index >= 15 is 0 Å². The van der Waals surface area contributed by atoms with Gasteiger partial charge in [0.25, 0.3) is 5.91 Å². The van der Waals surface area contributed by atoms with Crippen LogP contribution in [0.2, 0.25) is 5.02 Å². The van der Waals surface area contributed by atoms with E-state index < -0.39 is 0 Å². The summed E-state index contributed by atoms with van der Waals surface area (Å²) in [7, 11) is 0. The maximum absolute atomic E-state index is 13.2. The Bertz CT molecular complexity index is 1350. The first-order chi connectivity index (χ1) is 15.7. The number of hydrogen-bond acceptors (Lipinski definition) is 3. The Hall–Kier alpha value is -2.96. The second-order valence-corrected chi connectivity index (χ2v) is 9.66. The lowest BCUT2D eigenvalue weighted by molar-refractivity contribution is 0.101. The third-order valence-electron chi connectivity index (χ3n) is 5.37. The van der Waals surface area contributed by atoms with Gasteiger partial charge in [-0.05, 0) is 67.3 Å². The van der Waals surface area contributed by atoms with Crippen molar-refractivity contribution in [3.8, 4) is 17.1 Å². The van der Waals surface area contributed by atoms with Gasteiger partial charge in [0.15, 0.2) is 5.82 Å². The summed E-state index contributed by atoms with van der Waals surface area (Å²) in [5.74, 6) is 0.532. The highest BCUT2D eigenvalue weighted by molar-refractivity contribution is 9.10. The first kappa shape index (κ1) is 23.2. The van der Waals surface area contributed by atoms with Gasteiger partial charge in [-0.2, -0.15) is 0 Å². The molecule has 0 fully saturated rings. The number of rotatable bonds is 5. The maximum atomic E-state index is 13.2. The summed E-state index contributed by atoms with van der Waals surface area (Å²) in [6, 6.07) is 19.4. The summed E-state index contributed by atoms with van der Waals surface area (Å²) in [6.45, 7) is 8.16. The molecule has 1 heterocycles. The maximum Gasteiger partial charge on any atom is 0.295 e. The van der Waals surface area contributed by atoms with Crippen molar-refractivity contribution >= 4 is 39.1 Å². The molecule has 0 aliphatic rings. The van der Waals surface area contributed by atoms with Gasteiger partial charge in [-0.25, -0.2) is 9.67 Å². The van der Waals surface area contributed by atoms with E-state index in [1.54, 1.807) is 4.68 Å². The van der Waals surface area contributed by atoms with Crippen LogP contribution in [0.25, 0.3) is 17.1 Å². The number of anilines is 1. The van der Waals surface area contributed by atoms with Crippen LogP contribution in [0, 0.1) is 13.8 Å². The first-order valence-corrected chi connectivity index (χ1v) is 11.8. The van der Waals surface area contributed by atoms with E-state index in [1.165, 1.54) is 0 Å². The summed E-state index contributed by atoms with van der Waals surface area (Å²) in [5.41, 5.74) is 5.48. The second kappa shape index (κ2) is 9.49. The summed E-state index contributed by atoms with van der Waals surface area (Å²) >= 11 is 9.79. The Morgan fingerprint density at radius 2 is 1.85 bits per heavy atom. The smallest absolute Gasteiger partial charge is 0.295 e. The van der Waals surface area contributed by atoms with E-state index in [0.29, 0.717) is 10.8 Å². The standard InChI is InChI=1S/C26H24BrClN4O/c1-15(2)21-13-19(27)9-11-22(21)29-26(33)24-30-25(18-7-5-6-16(3)12-18)32(31-24)23-14-20(28)10-8-17(23)4/h5-15H,1-4H3,(H,29,33). The fourth-order valence-corrected chi connectivity index (χ4v) is 4.21. The first-order valence-electron chi connectivity index (χ1n) is 10.6. The molecule has 0 aliphatic heterocycles. The zero-order valence-corrected chi connectivity index (χ0v) is 21.2. The number of carbonyl (C=O) groups is 1. The lowest BCUT2D eigenvalue weighted by Gasteiger charge is -2.13. The third-order valence-corrected chi connectivity index (χ3v) is 6.10. The van der Waals surface area contributed by atoms with Gasteiger partial charge in [0.1, 0.15) is 0 Å². The van der Waals surface area contributed by atoms with Crippen molar-refractivity contribution in [3.05, 3.63) is 92.7 Å². The fraction of sp³-hybridized carbons (Fsp3) is 0.192. The van der Waals surface area contributed by atoms with Crippen LogP contribution in [0.15, 0.2) is 65.1 Å². The van der Waals surface area contributed by atoms with Crippen LogP contribution in [0.5, 0.6) is 0 Å². The van der Waals surface area contributed by atoms with Crippen LogP contribution < -0.4 is 5.32 Å². The van der Waals surface area contributed by atoms with Crippen LogP contribution in [-0.2, 0) is 0 Å². The van der Waals surface area contributed by atoms with Crippen molar-refractivity contribution in [2.75, 3.05) is 5.32 Å². The van der Waals surface area contributed by atoms with Crippen LogP contribution in [0.4, 0.5) is 5.69 Å². The molecule has 33 heavy (non-hydrogen) atoms. The molecule has 1 aromatic heterocycles. The minimum absolute atomic E-state index is 0.0866. The van der Waals surface area contributed by atoms with Gasteiger partial charge in [-0.1, -0.05) is 71.2 Å². The van der Waals surface area contributed by atoms with Gasteiger partial charge >= 0.3 is 0 Å². The zero-order chi connectivity index (χ0) is 23.7. The Morgan fingerprint density at radius 3 is 2.58 bits per heavy atom. The highest BCUT2D eigenvalue weighted by atomic mass is 79.9. The molecular formula is C26H24BrClN4O. The normalized spacial score (nSPS) is 11.1. The Kier molecular flexibility index (Phi) is 6.68. The summed E-state index contributed by atoms with van der Waals surface area (Å²) in [5, 5.41) is 8.18. The number of nitrogens with zero attached hydrogens (tertiary/aromatic N) is 3. The summed E-state index contributed by atoms with van der Waals surface area (Å²) in [4.78, 5) is 17.9. The molecular weight excluding hydrogens is 500 g/mol. The predicted molar refractivity (Wildman–Crippen MR) is 137 cm³/mol. The highest BCUT2D eigenvalue weighted by Crippen LogP contribution is 2.29. The van der Waals surface area contributed by atoms with E-state index in [2.05, 4.69) is 45.2 Å². The van der Waals surface area contributed by atoms with E-state index in [1.807, 2.05) is 74.5 Å². The number of carbonyl (C=O) groups excluding carboxylic acids is 1. The molecule has 0 aliphatic carbocycles. The molecule has 0 saturated carbocycles. The molecule has 1 amide bonds. The van der Waals surface area contributed by atoms with Crippen molar-refractivity contribution in [3.63, 3.8) is 0 Å². The number of halogens is 2. The molecule has 0 saturated heterocycles. The van der Waals surface area contributed by atoms with Crippen LogP contribution >= 0.6 is 27.5 Å². The SMILES string of the molecule is Cc1cccc(-c2nc(C(=O)Nc3ccc(Br)cc3C(C)C)nn2-c2cc(Cl)ccc2C)c1. The van der Waals surface area contributed by atoms with E-state index in [9.17, 15) is 4.79 Å². The number of aromatic nitrogens is 3. The van der Waals surface area contributed by atoms with Crippen LogP contribution in [0.1, 0.15) is 47.1 Å². The highest BCUT2D eigenvalue weighted by Gasteiger charge is 2.21. The predicted octanol–water partition coefficient (Wildman–Crippen LogP) is 7.34. The van der Waals surface area contributed by atoms with E-state index in [-0.39, 0.29) is 17.6 Å². The van der Waals surface area contributed by atoms with Gasteiger partial charge in [-0.15, -0.1) is 5.10 Å². The van der Waals surface area contributed by atoms with Crippen molar-refractivity contribution in [1.82, 2.24) is 14.8 Å². The number of nitrogens with one attached hydrogen (secondary N) is 1. The van der Waals surface area contributed by atoms with Gasteiger partial charge in [0.2, 0.25) is 5.82 Å². The molecule has 4 rings (SSSR count). The van der Waals surface area contributed by atoms with Crippen molar-refractivity contribution < 1.29 is 4.79 Å². The van der Waals surface area contributed by atoms with Crippen molar-refractivity contribution in [2.24, 2.45) is 0 Å². The van der Waals surface area contributed by atoms with E-state index in [4.69, 9.17) is 11.6 Å². The lowest BCUT2D eigenvalue weighted by Crippen LogP contribution is -2.16. The molecule has 1 N–H and O–H groups in total. The van der Waals surface area contributed by atoms with Crippen LogP contribution in [0.3, 0.4) is 0 Å². The minimum Gasteiger partial charge on any atom is -0.319 e. The fourth-order valence-electron chi connectivity index (χ4n) is 3.66. The Morgan fingerprint density at radius 1 is 1.06 bits per heavy atom. The number of amides is 1. The van der Waals surface area contributed by atoms with Gasteiger partial charge in [0, 0.05) is 20.7 Å². The number of hydrogen-bond donors (Lipinski definition) is 1. The number of aryl methyl sites for hydroxylation is 2. The monoisotopic (exact) mass is 522 g/mol. The zero-order valence-electron chi connectivity index (χ0n) is 18.9.